The lowest BCUT2D eigenvalue weighted by Gasteiger charge is -2.01. The molecule has 1 N–H and O–H groups in total. The fraction of sp³-hybridized carbons (Fsp3) is 0.0588. The molecular formula is C17H12O5. The number of carbonyl (C=O) groups is 2. The maximum Gasteiger partial charge on any atom is 0.336 e. The molecule has 110 valence electrons. The largest absolute Gasteiger partial charge is 0.478 e. The van der Waals surface area contributed by atoms with E-state index in [1.807, 2.05) is 0 Å². The van der Waals surface area contributed by atoms with E-state index in [2.05, 4.69) is 0 Å². The summed E-state index contributed by atoms with van der Waals surface area (Å²) >= 11 is 0. The van der Waals surface area contributed by atoms with Crippen molar-refractivity contribution < 1.29 is 24.2 Å². The van der Waals surface area contributed by atoms with Crippen LogP contribution < -0.4 is 9.47 Å². The van der Waals surface area contributed by atoms with Crippen LogP contribution in [0.2, 0.25) is 0 Å². The summed E-state index contributed by atoms with van der Waals surface area (Å²) in [6.45, 7) is 0.188. The highest BCUT2D eigenvalue weighted by atomic mass is 16.7. The number of hydrogen-bond donors (Lipinski definition) is 1. The fourth-order valence-corrected chi connectivity index (χ4v) is 2.16. The minimum absolute atomic E-state index is 0.0113. The smallest absolute Gasteiger partial charge is 0.336 e. The third kappa shape index (κ3) is 2.69. The molecule has 0 atom stereocenters. The molecule has 0 bridgehead atoms. The summed E-state index contributed by atoms with van der Waals surface area (Å²) in [5.74, 6) is -0.198. The van der Waals surface area contributed by atoms with E-state index in [1.165, 1.54) is 18.2 Å². The van der Waals surface area contributed by atoms with Crippen LogP contribution in [0.15, 0.2) is 48.5 Å². The van der Waals surface area contributed by atoms with Gasteiger partial charge in [0, 0.05) is 5.56 Å². The zero-order chi connectivity index (χ0) is 15.5. The Hall–Kier alpha value is -3.08. The van der Waals surface area contributed by atoms with Crippen molar-refractivity contribution in [2.75, 3.05) is 6.79 Å². The molecule has 0 aromatic heterocycles. The zero-order valence-corrected chi connectivity index (χ0v) is 11.5. The van der Waals surface area contributed by atoms with E-state index < -0.39 is 5.97 Å². The lowest BCUT2D eigenvalue weighted by atomic mass is 10.0. The molecule has 0 aliphatic carbocycles. The number of carbonyl (C=O) groups excluding carboxylic acids is 1. The molecule has 5 heteroatoms. The van der Waals surface area contributed by atoms with Crippen LogP contribution >= 0.6 is 0 Å². The molecule has 1 aliphatic rings. The van der Waals surface area contributed by atoms with Gasteiger partial charge in [0.05, 0.1) is 5.56 Å². The first-order valence-electron chi connectivity index (χ1n) is 6.59. The number of allylic oxidation sites excluding steroid dienone is 1. The minimum Gasteiger partial charge on any atom is -0.478 e. The highest BCUT2D eigenvalue weighted by molar-refractivity contribution is 6.12. The number of aromatic carboxylic acids is 1. The van der Waals surface area contributed by atoms with Crippen LogP contribution in [0, 0.1) is 0 Å². The fourth-order valence-electron chi connectivity index (χ4n) is 2.16. The summed E-state index contributed by atoms with van der Waals surface area (Å²) in [6.07, 6.45) is 2.96. The van der Waals surface area contributed by atoms with Crippen molar-refractivity contribution in [2.24, 2.45) is 0 Å². The van der Waals surface area contributed by atoms with Crippen molar-refractivity contribution in [3.8, 4) is 11.5 Å². The summed E-state index contributed by atoms with van der Waals surface area (Å²) in [4.78, 5) is 23.3. The van der Waals surface area contributed by atoms with Gasteiger partial charge in [-0.15, -0.1) is 0 Å². The van der Waals surface area contributed by atoms with Crippen molar-refractivity contribution in [3.05, 3.63) is 65.2 Å². The van der Waals surface area contributed by atoms with Gasteiger partial charge in [-0.25, -0.2) is 4.79 Å². The Bertz CT molecular complexity index is 776. The Morgan fingerprint density at radius 3 is 2.50 bits per heavy atom. The van der Waals surface area contributed by atoms with Gasteiger partial charge in [0.25, 0.3) is 0 Å². The van der Waals surface area contributed by atoms with E-state index in [0.717, 1.165) is 5.56 Å². The first kappa shape index (κ1) is 13.9. The summed E-state index contributed by atoms with van der Waals surface area (Å²) < 4.78 is 10.5. The molecule has 0 saturated carbocycles. The van der Waals surface area contributed by atoms with Crippen molar-refractivity contribution >= 4 is 17.8 Å². The number of carboxylic acid groups (broad SMARTS) is 1. The Labute approximate surface area is 126 Å². The summed E-state index contributed by atoms with van der Waals surface area (Å²) in [7, 11) is 0. The number of rotatable bonds is 4. The van der Waals surface area contributed by atoms with E-state index in [-0.39, 0.29) is 23.7 Å². The molecule has 0 spiro atoms. The molecule has 5 nitrogen and oxygen atoms in total. The Morgan fingerprint density at radius 2 is 1.73 bits per heavy atom. The normalized spacial score (nSPS) is 12.5. The predicted octanol–water partition coefficient (Wildman–Crippen LogP) is 3.01. The van der Waals surface area contributed by atoms with Crippen molar-refractivity contribution in [2.45, 2.75) is 0 Å². The zero-order valence-electron chi connectivity index (χ0n) is 11.5. The molecule has 0 radical (unpaired) electrons. The molecule has 2 aromatic carbocycles. The van der Waals surface area contributed by atoms with E-state index in [0.29, 0.717) is 11.5 Å². The van der Waals surface area contributed by atoms with Gasteiger partial charge in [0.1, 0.15) is 0 Å². The molecule has 3 rings (SSSR count). The van der Waals surface area contributed by atoms with Crippen LogP contribution in [-0.4, -0.2) is 23.7 Å². The van der Waals surface area contributed by atoms with Crippen LogP contribution in [0.4, 0.5) is 0 Å². The van der Waals surface area contributed by atoms with Gasteiger partial charge in [-0.3, -0.25) is 4.79 Å². The van der Waals surface area contributed by atoms with Gasteiger partial charge in [-0.2, -0.15) is 0 Å². The van der Waals surface area contributed by atoms with Gasteiger partial charge < -0.3 is 14.6 Å². The van der Waals surface area contributed by atoms with Gasteiger partial charge in [0.2, 0.25) is 6.79 Å². The summed E-state index contributed by atoms with van der Waals surface area (Å²) in [6, 6.07) is 11.4. The lowest BCUT2D eigenvalue weighted by molar-refractivity contribution is 0.0693. The minimum atomic E-state index is -1.12. The van der Waals surface area contributed by atoms with Gasteiger partial charge in [-0.05, 0) is 29.8 Å². The maximum atomic E-state index is 12.2. The number of ketones is 1. The molecule has 1 heterocycles. The van der Waals surface area contributed by atoms with Crippen molar-refractivity contribution in [1.29, 1.82) is 0 Å². The number of hydrogen-bond acceptors (Lipinski definition) is 4. The second-order valence-corrected chi connectivity index (χ2v) is 4.66. The molecule has 1 aliphatic heterocycles. The SMILES string of the molecule is O=C(O)c1ccccc1C(=O)/C=C/c1ccc2c(c1)OCO2. The quantitative estimate of drug-likeness (QED) is 0.693. The molecule has 0 saturated heterocycles. The Kier molecular flexibility index (Phi) is 3.62. The third-order valence-electron chi connectivity index (χ3n) is 3.25. The molecule has 0 unspecified atom stereocenters. The lowest BCUT2D eigenvalue weighted by Crippen LogP contribution is -2.06. The van der Waals surface area contributed by atoms with Crippen LogP contribution in [0.3, 0.4) is 0 Å². The molecular weight excluding hydrogens is 284 g/mol. The van der Waals surface area contributed by atoms with Crippen LogP contribution in [-0.2, 0) is 0 Å². The van der Waals surface area contributed by atoms with Crippen molar-refractivity contribution in [3.63, 3.8) is 0 Å². The van der Waals surface area contributed by atoms with E-state index >= 15 is 0 Å². The molecule has 0 amide bonds. The molecule has 22 heavy (non-hydrogen) atoms. The van der Waals surface area contributed by atoms with E-state index in [9.17, 15) is 9.59 Å². The number of ether oxygens (including phenoxy) is 2. The maximum absolute atomic E-state index is 12.2. The number of carboxylic acids is 1. The van der Waals surface area contributed by atoms with Crippen LogP contribution in [0.25, 0.3) is 6.08 Å². The second-order valence-electron chi connectivity index (χ2n) is 4.66. The number of fused-ring (bicyclic) bond motifs is 1. The standard InChI is InChI=1S/C17H12O5/c18-14(12-3-1-2-4-13(12)17(19)20)7-5-11-6-8-15-16(9-11)22-10-21-15/h1-9H,10H2,(H,19,20)/b7-5+. The van der Waals surface area contributed by atoms with Crippen molar-refractivity contribution in [1.82, 2.24) is 0 Å². The highest BCUT2D eigenvalue weighted by Gasteiger charge is 2.14. The third-order valence-corrected chi connectivity index (χ3v) is 3.25. The van der Waals surface area contributed by atoms with Crippen LogP contribution in [0.5, 0.6) is 11.5 Å². The van der Waals surface area contributed by atoms with Crippen LogP contribution in [0.1, 0.15) is 26.3 Å². The Balaban J connectivity index is 1.84. The van der Waals surface area contributed by atoms with E-state index in [4.69, 9.17) is 14.6 Å². The molecule has 0 fully saturated rings. The topological polar surface area (TPSA) is 72.8 Å². The summed E-state index contributed by atoms with van der Waals surface area (Å²) in [5.41, 5.74) is 0.917. The van der Waals surface area contributed by atoms with Gasteiger partial charge >= 0.3 is 5.97 Å². The predicted molar refractivity (Wildman–Crippen MR) is 79.3 cm³/mol. The first-order chi connectivity index (χ1) is 10.6. The monoisotopic (exact) mass is 296 g/mol. The average Bonchev–Trinajstić information content (AvgIpc) is 3.00. The van der Waals surface area contributed by atoms with Gasteiger partial charge in [0.15, 0.2) is 17.3 Å². The Morgan fingerprint density at radius 1 is 1.00 bits per heavy atom. The second kappa shape index (κ2) is 5.73. The number of benzene rings is 2. The summed E-state index contributed by atoms with van der Waals surface area (Å²) in [5, 5.41) is 9.10. The van der Waals surface area contributed by atoms with E-state index in [1.54, 1.807) is 36.4 Å². The first-order valence-corrected chi connectivity index (χ1v) is 6.59. The van der Waals surface area contributed by atoms with Gasteiger partial charge in [-0.1, -0.05) is 30.3 Å². The molecule has 2 aromatic rings. The average molecular weight is 296 g/mol. The highest BCUT2D eigenvalue weighted by Crippen LogP contribution is 2.32.